The number of Topliss-reactive ketones (excluding diaryl/α,β-unsaturated/α-hetero) is 1. The molecular weight excluding hydrogens is 286 g/mol. The van der Waals surface area contributed by atoms with Crippen LogP contribution in [0.15, 0.2) is 16.6 Å². The number of ketones is 1. The van der Waals surface area contributed by atoms with Crippen LogP contribution in [0.4, 0.5) is 0 Å². The second kappa shape index (κ2) is 7.47. The summed E-state index contributed by atoms with van der Waals surface area (Å²) in [6.07, 6.45) is 3.09. The molecule has 1 amide bonds. The lowest BCUT2D eigenvalue weighted by molar-refractivity contribution is -0.125. The van der Waals surface area contributed by atoms with Crippen molar-refractivity contribution < 1.29 is 9.59 Å². The van der Waals surface area contributed by atoms with Gasteiger partial charge in [0.15, 0.2) is 0 Å². The normalized spacial score (nSPS) is 12.3. The van der Waals surface area contributed by atoms with Gasteiger partial charge in [-0.3, -0.25) is 14.7 Å². The van der Waals surface area contributed by atoms with E-state index in [0.29, 0.717) is 18.4 Å². The fourth-order valence-electron chi connectivity index (χ4n) is 2.28. The zero-order chi connectivity index (χ0) is 16.2. The molecule has 0 heterocycles. The number of amides is 1. The van der Waals surface area contributed by atoms with E-state index >= 15 is 0 Å². The van der Waals surface area contributed by atoms with Crippen LogP contribution in [0.25, 0.3) is 0 Å². The van der Waals surface area contributed by atoms with E-state index in [4.69, 9.17) is 5.14 Å². The standard InChI is InChI=1S/C15H23N3O2S/c1-6-11-8-10(3)9-12(7-2)13(11)14(19)15(20)18(4)17-21(5)16/h8-9H,6-7H2,1-5H3,(H2,16,17). The third kappa shape index (κ3) is 4.22. The summed E-state index contributed by atoms with van der Waals surface area (Å²) in [5.41, 5.74) is 3.43. The van der Waals surface area contributed by atoms with Gasteiger partial charge in [-0.15, -0.1) is 4.47 Å². The monoisotopic (exact) mass is 309 g/mol. The lowest BCUT2D eigenvalue weighted by Crippen LogP contribution is -2.31. The molecule has 1 unspecified atom stereocenters. The highest BCUT2D eigenvalue weighted by Gasteiger charge is 2.25. The number of rotatable bonds is 5. The lowest BCUT2D eigenvalue weighted by atomic mass is 9.92. The molecule has 0 aliphatic carbocycles. The van der Waals surface area contributed by atoms with Crippen molar-refractivity contribution in [3.8, 4) is 0 Å². The number of nitrogens with two attached hydrogens (primary N) is 1. The largest absolute Gasteiger partial charge is 0.315 e. The summed E-state index contributed by atoms with van der Waals surface area (Å²) in [6, 6.07) is 3.92. The topological polar surface area (TPSA) is 75.8 Å². The molecule has 0 radical (unpaired) electrons. The van der Waals surface area contributed by atoms with Crippen molar-refractivity contribution in [1.29, 1.82) is 0 Å². The van der Waals surface area contributed by atoms with Crippen LogP contribution in [0.3, 0.4) is 0 Å². The molecule has 0 bridgehead atoms. The molecule has 0 aromatic heterocycles. The van der Waals surface area contributed by atoms with Gasteiger partial charge < -0.3 is 0 Å². The maximum atomic E-state index is 12.5. The molecular formula is C15H23N3O2S. The number of nitrogens with zero attached hydrogens (tertiary/aromatic N) is 2. The summed E-state index contributed by atoms with van der Waals surface area (Å²) in [5, 5.41) is 6.60. The molecule has 1 aromatic rings. The molecule has 2 N–H and O–H groups in total. The number of carbonyl (C=O) groups is 2. The highest BCUT2D eigenvalue weighted by Crippen LogP contribution is 2.20. The molecule has 0 saturated heterocycles. The molecule has 0 spiro atoms. The Hall–Kier alpha value is -1.53. The van der Waals surface area contributed by atoms with Crippen molar-refractivity contribution in [2.75, 3.05) is 13.3 Å². The highest BCUT2D eigenvalue weighted by atomic mass is 32.2. The molecule has 1 aromatic carbocycles. The third-order valence-electron chi connectivity index (χ3n) is 3.17. The van der Waals surface area contributed by atoms with Crippen LogP contribution < -0.4 is 5.14 Å². The number of carbonyl (C=O) groups excluding carboxylic acids is 2. The van der Waals surface area contributed by atoms with E-state index < -0.39 is 22.6 Å². The Bertz CT molecular complexity index is 568. The summed E-state index contributed by atoms with van der Waals surface area (Å²) in [6.45, 7) is 5.95. The molecule has 0 aliphatic heterocycles. The van der Waals surface area contributed by atoms with Crippen molar-refractivity contribution in [2.45, 2.75) is 33.6 Å². The minimum Gasteiger partial charge on any atom is -0.283 e. The van der Waals surface area contributed by atoms with Crippen molar-refractivity contribution in [3.05, 3.63) is 34.4 Å². The third-order valence-corrected chi connectivity index (χ3v) is 3.68. The summed E-state index contributed by atoms with van der Waals surface area (Å²) in [4.78, 5) is 24.8. The summed E-state index contributed by atoms with van der Waals surface area (Å²) in [7, 11) is 0.681. The summed E-state index contributed by atoms with van der Waals surface area (Å²) < 4.78 is 3.92. The van der Waals surface area contributed by atoms with Gasteiger partial charge in [0.05, 0.1) is 0 Å². The first-order valence-electron chi connectivity index (χ1n) is 6.88. The Labute approximate surface area is 128 Å². The van der Waals surface area contributed by atoms with Crippen LogP contribution in [-0.2, 0) is 28.5 Å². The number of benzene rings is 1. The Morgan fingerprint density at radius 2 is 1.71 bits per heavy atom. The maximum Gasteiger partial charge on any atom is 0.315 e. The minimum atomic E-state index is -0.779. The van der Waals surface area contributed by atoms with Crippen molar-refractivity contribution in [3.63, 3.8) is 0 Å². The number of likely N-dealkylation sites (N-methyl/N-ethyl adjacent to an activating group) is 1. The van der Waals surface area contributed by atoms with Crippen LogP contribution in [0.5, 0.6) is 0 Å². The summed E-state index contributed by atoms with van der Waals surface area (Å²) in [5.74, 6) is -1.16. The maximum absolute atomic E-state index is 12.5. The van der Waals surface area contributed by atoms with Gasteiger partial charge in [0, 0.05) is 18.9 Å². The fraction of sp³-hybridized carbons (Fsp3) is 0.467. The predicted octanol–water partition coefficient (Wildman–Crippen LogP) is 1.98. The van der Waals surface area contributed by atoms with E-state index in [2.05, 4.69) is 4.47 Å². The Balaban J connectivity index is 3.29. The molecule has 21 heavy (non-hydrogen) atoms. The smallest absolute Gasteiger partial charge is 0.283 e. The molecule has 0 saturated carbocycles. The van der Waals surface area contributed by atoms with Gasteiger partial charge in [0.2, 0.25) is 0 Å². The van der Waals surface area contributed by atoms with Gasteiger partial charge >= 0.3 is 5.91 Å². The van der Waals surface area contributed by atoms with E-state index in [-0.39, 0.29) is 0 Å². The first-order valence-corrected chi connectivity index (χ1v) is 8.53. The zero-order valence-electron chi connectivity index (χ0n) is 13.3. The zero-order valence-corrected chi connectivity index (χ0v) is 14.1. The van der Waals surface area contributed by atoms with Crippen LogP contribution in [-0.4, -0.2) is 30.0 Å². The first-order chi connectivity index (χ1) is 9.81. The second-order valence-electron chi connectivity index (χ2n) is 4.93. The fourth-order valence-corrected chi connectivity index (χ4v) is 2.74. The number of hydrogen-bond donors (Lipinski definition) is 1. The van der Waals surface area contributed by atoms with Gasteiger partial charge in [-0.05, 0) is 41.8 Å². The molecule has 116 valence electrons. The van der Waals surface area contributed by atoms with Gasteiger partial charge in [-0.25, -0.2) is 5.01 Å². The van der Waals surface area contributed by atoms with Crippen molar-refractivity contribution in [1.82, 2.24) is 5.01 Å². The van der Waals surface area contributed by atoms with Crippen molar-refractivity contribution >= 4 is 22.6 Å². The Morgan fingerprint density at radius 3 is 2.10 bits per heavy atom. The van der Waals surface area contributed by atoms with Gasteiger partial charge in [-0.2, -0.15) is 0 Å². The number of aryl methyl sites for hydroxylation is 3. The van der Waals surface area contributed by atoms with Gasteiger partial charge in [0.25, 0.3) is 5.78 Å². The van der Waals surface area contributed by atoms with Crippen molar-refractivity contribution in [2.24, 2.45) is 9.61 Å². The van der Waals surface area contributed by atoms with E-state index in [0.717, 1.165) is 21.7 Å². The second-order valence-corrected chi connectivity index (χ2v) is 6.14. The molecule has 1 atom stereocenters. The lowest BCUT2D eigenvalue weighted by Gasteiger charge is -2.16. The first kappa shape index (κ1) is 17.5. The average molecular weight is 309 g/mol. The van der Waals surface area contributed by atoms with E-state index in [1.54, 1.807) is 6.26 Å². The van der Waals surface area contributed by atoms with Gasteiger partial charge in [0.1, 0.15) is 0 Å². The Kier molecular flexibility index (Phi) is 6.23. The summed E-state index contributed by atoms with van der Waals surface area (Å²) >= 11 is 0. The molecule has 6 heteroatoms. The van der Waals surface area contributed by atoms with Crippen LogP contribution in [0, 0.1) is 6.92 Å². The SMILES string of the molecule is CCc1cc(C)cc(CC)c1C(=O)C(=O)N(C)/N=S(\C)N. The quantitative estimate of drug-likeness (QED) is 0.513. The average Bonchev–Trinajstić information content (AvgIpc) is 2.43. The minimum absolute atomic E-state index is 0.514. The van der Waals surface area contributed by atoms with E-state index in [9.17, 15) is 9.59 Å². The molecule has 5 nitrogen and oxygen atoms in total. The van der Waals surface area contributed by atoms with Crippen LogP contribution in [0.1, 0.15) is 40.9 Å². The predicted molar refractivity (Wildman–Crippen MR) is 86.9 cm³/mol. The number of hydrogen-bond acceptors (Lipinski definition) is 3. The van der Waals surface area contributed by atoms with Crippen LogP contribution in [0.2, 0.25) is 0 Å². The van der Waals surface area contributed by atoms with E-state index in [1.165, 1.54) is 7.05 Å². The van der Waals surface area contributed by atoms with Gasteiger partial charge in [-0.1, -0.05) is 31.5 Å². The molecule has 0 fully saturated rings. The van der Waals surface area contributed by atoms with E-state index in [1.807, 2.05) is 32.9 Å². The van der Waals surface area contributed by atoms with Crippen LogP contribution >= 0.6 is 0 Å². The highest BCUT2D eigenvalue weighted by molar-refractivity contribution is 7.84. The Morgan fingerprint density at radius 1 is 1.24 bits per heavy atom. The molecule has 1 rings (SSSR count). The molecule has 0 aliphatic rings.